The van der Waals surface area contributed by atoms with Crippen molar-refractivity contribution in [2.24, 2.45) is 17.6 Å². The summed E-state index contributed by atoms with van der Waals surface area (Å²) in [6, 6.07) is 17.5. The molecule has 3 aromatic rings. The first-order valence-electron chi connectivity index (χ1n) is 12.9. The quantitative estimate of drug-likeness (QED) is 0.500. The molecular formula is C28H34FN5O2. The van der Waals surface area contributed by atoms with E-state index in [1.54, 1.807) is 18.3 Å². The van der Waals surface area contributed by atoms with Crippen LogP contribution in [-0.4, -0.2) is 45.2 Å². The number of ether oxygens (including phenoxy) is 1. The van der Waals surface area contributed by atoms with Crippen LogP contribution in [0.1, 0.15) is 43.2 Å². The summed E-state index contributed by atoms with van der Waals surface area (Å²) >= 11 is 0. The van der Waals surface area contributed by atoms with Gasteiger partial charge in [0.1, 0.15) is 11.9 Å². The molecule has 190 valence electrons. The van der Waals surface area contributed by atoms with Gasteiger partial charge in [-0.05, 0) is 74.4 Å². The Labute approximate surface area is 211 Å². The molecule has 1 aliphatic heterocycles. The van der Waals surface area contributed by atoms with Crippen molar-refractivity contribution < 1.29 is 13.9 Å². The Morgan fingerprint density at radius 1 is 1.08 bits per heavy atom. The molecule has 0 radical (unpaired) electrons. The summed E-state index contributed by atoms with van der Waals surface area (Å²) in [7, 11) is 0. The summed E-state index contributed by atoms with van der Waals surface area (Å²) in [6.07, 6.45) is 6.96. The Kier molecular flexibility index (Phi) is 7.32. The van der Waals surface area contributed by atoms with Crippen molar-refractivity contribution in [1.29, 1.82) is 0 Å². The van der Waals surface area contributed by atoms with E-state index in [4.69, 9.17) is 10.5 Å². The van der Waals surface area contributed by atoms with Gasteiger partial charge in [0, 0.05) is 24.1 Å². The van der Waals surface area contributed by atoms with Gasteiger partial charge in [0.25, 0.3) is 0 Å². The number of carbonyl (C=O) groups excluding carboxylic acids is 1. The highest BCUT2D eigenvalue weighted by Crippen LogP contribution is 2.52. The zero-order valence-corrected chi connectivity index (χ0v) is 20.5. The number of nitrogens with two attached hydrogens (primary N) is 1. The number of likely N-dealkylation sites (tertiary alicyclic amines) is 1. The van der Waals surface area contributed by atoms with Crippen molar-refractivity contribution in [3.05, 3.63) is 83.9 Å². The fraction of sp³-hybridized carbons (Fsp3) is 0.464. The lowest BCUT2D eigenvalue weighted by Crippen LogP contribution is -2.52. The first-order valence-corrected chi connectivity index (χ1v) is 12.9. The van der Waals surface area contributed by atoms with Crippen LogP contribution in [0, 0.1) is 17.7 Å². The topological polar surface area (TPSA) is 86.3 Å². The smallest absolute Gasteiger partial charge is 0.404 e. The molecule has 1 unspecified atom stereocenters. The highest BCUT2D eigenvalue weighted by molar-refractivity contribution is 5.64. The lowest BCUT2D eigenvalue weighted by Gasteiger charge is -2.50. The third-order valence-electron chi connectivity index (χ3n) is 8.20. The predicted molar refractivity (Wildman–Crippen MR) is 134 cm³/mol. The zero-order chi connectivity index (χ0) is 25.0. The molecule has 2 N–H and O–H groups in total. The molecule has 1 saturated heterocycles. The molecule has 36 heavy (non-hydrogen) atoms. The number of carbonyl (C=O) groups is 1. The summed E-state index contributed by atoms with van der Waals surface area (Å²) in [5.74, 6) is -0.0124. The number of benzene rings is 2. The third-order valence-corrected chi connectivity index (χ3v) is 8.20. The minimum atomic E-state index is -0.751. The molecule has 1 saturated carbocycles. The van der Waals surface area contributed by atoms with Gasteiger partial charge in [-0.3, -0.25) is 9.58 Å². The van der Waals surface area contributed by atoms with Crippen LogP contribution >= 0.6 is 0 Å². The van der Waals surface area contributed by atoms with Gasteiger partial charge in [0.05, 0.1) is 12.7 Å². The summed E-state index contributed by atoms with van der Waals surface area (Å²) in [4.78, 5) is 14.3. The highest BCUT2D eigenvalue weighted by atomic mass is 19.1. The van der Waals surface area contributed by atoms with Gasteiger partial charge in [-0.1, -0.05) is 47.7 Å². The van der Waals surface area contributed by atoms with Gasteiger partial charge in [0.2, 0.25) is 0 Å². The Bertz CT molecular complexity index is 1130. The van der Waals surface area contributed by atoms with E-state index in [2.05, 4.69) is 39.5 Å². The fourth-order valence-electron chi connectivity index (χ4n) is 6.71. The van der Waals surface area contributed by atoms with Crippen LogP contribution in [0.15, 0.2) is 67.0 Å². The molecule has 1 amide bonds. The molecule has 1 aromatic heterocycles. The number of piperidine rings is 1. The normalized spacial score (nSPS) is 22.8. The monoisotopic (exact) mass is 491 g/mol. The SMILES string of the molecule is NC(=O)O[C@H]1CCC[C@@H]1C(Cn1ccnn1)(c1cccc(F)c1)C1CCN(Cc2ccccc2)CC1. The molecule has 0 spiro atoms. The van der Waals surface area contributed by atoms with Crippen molar-refractivity contribution in [3.8, 4) is 0 Å². The number of primary amides is 1. The molecule has 2 aromatic carbocycles. The Morgan fingerprint density at radius 2 is 1.89 bits per heavy atom. The third kappa shape index (κ3) is 5.14. The molecule has 2 fully saturated rings. The average Bonchev–Trinajstić information content (AvgIpc) is 3.56. The van der Waals surface area contributed by atoms with E-state index in [-0.39, 0.29) is 23.8 Å². The number of hydrogen-bond acceptors (Lipinski definition) is 5. The Hall–Kier alpha value is -3.26. The first kappa shape index (κ1) is 24.4. The summed E-state index contributed by atoms with van der Waals surface area (Å²) in [5.41, 5.74) is 7.25. The van der Waals surface area contributed by atoms with Crippen LogP contribution in [0.5, 0.6) is 0 Å². The minimum Gasteiger partial charge on any atom is -0.446 e. The van der Waals surface area contributed by atoms with E-state index in [1.165, 1.54) is 11.6 Å². The number of aromatic nitrogens is 3. The Morgan fingerprint density at radius 3 is 2.58 bits per heavy atom. The van der Waals surface area contributed by atoms with Gasteiger partial charge in [-0.25, -0.2) is 9.18 Å². The van der Waals surface area contributed by atoms with Gasteiger partial charge in [0.15, 0.2) is 0 Å². The maximum absolute atomic E-state index is 14.7. The zero-order valence-electron chi connectivity index (χ0n) is 20.5. The van der Waals surface area contributed by atoms with Crippen LogP contribution in [0.25, 0.3) is 0 Å². The molecule has 2 aliphatic rings. The molecule has 7 nitrogen and oxygen atoms in total. The maximum Gasteiger partial charge on any atom is 0.404 e. The highest BCUT2D eigenvalue weighted by Gasteiger charge is 2.53. The Balaban J connectivity index is 1.51. The average molecular weight is 492 g/mol. The summed E-state index contributed by atoms with van der Waals surface area (Å²) < 4.78 is 22.2. The van der Waals surface area contributed by atoms with Gasteiger partial charge in [-0.2, -0.15) is 0 Å². The van der Waals surface area contributed by atoms with Crippen LogP contribution in [0.3, 0.4) is 0 Å². The molecule has 0 bridgehead atoms. The number of hydrogen-bond donors (Lipinski definition) is 1. The lowest BCUT2D eigenvalue weighted by molar-refractivity contribution is 0.00329. The van der Waals surface area contributed by atoms with E-state index in [1.807, 2.05) is 23.0 Å². The van der Waals surface area contributed by atoms with Gasteiger partial charge < -0.3 is 10.5 Å². The van der Waals surface area contributed by atoms with Crippen LogP contribution in [0.4, 0.5) is 9.18 Å². The van der Waals surface area contributed by atoms with Crippen molar-refractivity contribution >= 4 is 6.09 Å². The van der Waals surface area contributed by atoms with E-state index in [0.717, 1.165) is 57.3 Å². The summed E-state index contributed by atoms with van der Waals surface area (Å²) in [6.45, 7) is 3.35. The van der Waals surface area contributed by atoms with Gasteiger partial charge >= 0.3 is 6.09 Å². The van der Waals surface area contributed by atoms with Crippen molar-refractivity contribution in [2.45, 2.75) is 56.7 Å². The van der Waals surface area contributed by atoms with Gasteiger partial charge in [-0.15, -0.1) is 5.10 Å². The summed E-state index contributed by atoms with van der Waals surface area (Å²) in [5, 5.41) is 8.34. The number of rotatable bonds is 8. The van der Waals surface area contributed by atoms with Crippen LogP contribution in [-0.2, 0) is 23.2 Å². The first-order chi connectivity index (χ1) is 17.5. The number of halogens is 1. The molecule has 8 heteroatoms. The van der Waals surface area contributed by atoms with E-state index in [0.29, 0.717) is 6.54 Å². The fourth-order valence-corrected chi connectivity index (χ4v) is 6.71. The van der Waals surface area contributed by atoms with Crippen LogP contribution < -0.4 is 5.73 Å². The van der Waals surface area contributed by atoms with E-state index < -0.39 is 11.5 Å². The van der Waals surface area contributed by atoms with Crippen LogP contribution in [0.2, 0.25) is 0 Å². The standard InChI is InChI=1S/C28H34FN5O2/c29-24-9-4-8-23(18-24)28(20-34-17-14-31-32-34,25-10-5-11-26(25)36-27(30)35)22-12-15-33(16-13-22)19-21-6-2-1-3-7-21/h1-4,6-9,14,17-18,22,25-26H,5,10-13,15-16,19-20H2,(H2,30,35)/t25-,26-,28?/m0/s1. The van der Waals surface area contributed by atoms with E-state index in [9.17, 15) is 9.18 Å². The molecule has 2 heterocycles. The number of nitrogens with zero attached hydrogens (tertiary/aromatic N) is 4. The largest absolute Gasteiger partial charge is 0.446 e. The second kappa shape index (κ2) is 10.8. The predicted octanol–water partition coefficient (Wildman–Crippen LogP) is 4.53. The van der Waals surface area contributed by atoms with Crippen molar-refractivity contribution in [1.82, 2.24) is 19.9 Å². The van der Waals surface area contributed by atoms with Crippen molar-refractivity contribution in [3.63, 3.8) is 0 Å². The second-order valence-corrected chi connectivity index (χ2v) is 10.2. The number of amides is 1. The lowest BCUT2D eigenvalue weighted by atomic mass is 9.58. The molecule has 1 aliphatic carbocycles. The maximum atomic E-state index is 14.7. The minimum absolute atomic E-state index is 0.00155. The molecule has 3 atom stereocenters. The van der Waals surface area contributed by atoms with E-state index >= 15 is 0 Å². The second-order valence-electron chi connectivity index (χ2n) is 10.2. The molecule has 5 rings (SSSR count). The van der Waals surface area contributed by atoms with Crippen molar-refractivity contribution in [2.75, 3.05) is 13.1 Å². The molecular weight excluding hydrogens is 457 g/mol.